The Labute approximate surface area is 179 Å². The molecule has 3 N–H and O–H groups in total. The van der Waals surface area contributed by atoms with Crippen LogP contribution in [0.1, 0.15) is 51.7 Å². The third-order valence-electron chi connectivity index (χ3n) is 5.87. The molecule has 2 amide bonds. The van der Waals surface area contributed by atoms with Crippen LogP contribution in [-0.2, 0) is 6.54 Å². The van der Waals surface area contributed by atoms with Crippen LogP contribution < -0.4 is 10.7 Å². The standard InChI is InChI=1S/C21H20F3N3O5/c22-10-5-15(23)13(16(24)6-10)7-25-20(31)14-9-27-11-1-2-12(28)3-4-26(8-11)21(32)17(27)19(30)18(14)29/h5-6,9,11-12,28,30H,1-4,7-8H2,(H,25,31)/t11-,12+/m0/s1. The smallest absolute Gasteiger partial charge is 0.274 e. The average Bonchev–Trinajstić information content (AvgIpc) is 2.72. The highest BCUT2D eigenvalue weighted by Gasteiger charge is 2.36. The molecule has 0 spiro atoms. The number of amides is 2. The van der Waals surface area contributed by atoms with Crippen molar-refractivity contribution in [2.45, 2.75) is 38.0 Å². The summed E-state index contributed by atoms with van der Waals surface area (Å²) in [5, 5.41) is 22.6. The number of hydrogen-bond donors (Lipinski definition) is 3. The van der Waals surface area contributed by atoms with Gasteiger partial charge in [0, 0.05) is 43.5 Å². The largest absolute Gasteiger partial charge is 0.503 e. The Bertz CT molecular complexity index is 1140. The Balaban J connectivity index is 1.66. The zero-order valence-corrected chi connectivity index (χ0v) is 16.8. The van der Waals surface area contributed by atoms with Gasteiger partial charge in [0.1, 0.15) is 23.0 Å². The van der Waals surface area contributed by atoms with E-state index < -0.39 is 64.2 Å². The molecule has 2 aliphatic rings. The third kappa shape index (κ3) is 3.83. The van der Waals surface area contributed by atoms with Gasteiger partial charge >= 0.3 is 0 Å². The molecule has 4 rings (SSSR count). The topological polar surface area (TPSA) is 112 Å². The fourth-order valence-electron chi connectivity index (χ4n) is 4.12. The summed E-state index contributed by atoms with van der Waals surface area (Å²) in [5.74, 6) is -6.02. The van der Waals surface area contributed by atoms with Gasteiger partial charge in [0.25, 0.3) is 11.8 Å². The number of hydrogen-bond acceptors (Lipinski definition) is 5. The Kier molecular flexibility index (Phi) is 5.68. The predicted octanol–water partition coefficient (Wildman–Crippen LogP) is 1.44. The van der Waals surface area contributed by atoms with Crippen LogP contribution in [0.4, 0.5) is 13.2 Å². The van der Waals surface area contributed by atoms with Crippen molar-refractivity contribution in [2.24, 2.45) is 0 Å². The predicted molar refractivity (Wildman–Crippen MR) is 105 cm³/mol. The monoisotopic (exact) mass is 451 g/mol. The van der Waals surface area contributed by atoms with Crippen LogP contribution in [0.3, 0.4) is 0 Å². The number of fused-ring (bicyclic) bond motifs is 4. The summed E-state index contributed by atoms with van der Waals surface area (Å²) >= 11 is 0. The molecule has 0 aliphatic carbocycles. The van der Waals surface area contributed by atoms with E-state index in [2.05, 4.69) is 5.32 Å². The van der Waals surface area contributed by atoms with Crippen LogP contribution in [0, 0.1) is 17.5 Å². The van der Waals surface area contributed by atoms with Crippen LogP contribution in [0.15, 0.2) is 23.1 Å². The number of halogens is 3. The zero-order valence-electron chi connectivity index (χ0n) is 16.8. The quantitative estimate of drug-likeness (QED) is 0.654. The lowest BCUT2D eigenvalue weighted by atomic mass is 9.98. The van der Waals surface area contributed by atoms with Gasteiger partial charge in [-0.2, -0.15) is 0 Å². The highest BCUT2D eigenvalue weighted by Crippen LogP contribution is 2.31. The summed E-state index contributed by atoms with van der Waals surface area (Å²) in [6, 6.07) is 0.539. The van der Waals surface area contributed by atoms with Crippen molar-refractivity contribution in [3.8, 4) is 5.75 Å². The van der Waals surface area contributed by atoms with Crippen LogP contribution in [-0.4, -0.2) is 50.7 Å². The van der Waals surface area contributed by atoms with E-state index in [9.17, 15) is 37.8 Å². The maximum atomic E-state index is 13.8. The lowest BCUT2D eigenvalue weighted by molar-refractivity contribution is 0.0521. The number of nitrogens with one attached hydrogen (secondary N) is 1. The SMILES string of the molecule is O=C(NCc1c(F)cc(F)cc1F)c1cn2c(c(O)c1=O)C(=O)N1CC[C@H](O)CC[C@H]2C1. The van der Waals surface area contributed by atoms with Crippen molar-refractivity contribution in [1.29, 1.82) is 0 Å². The molecular formula is C21H20F3N3O5. The molecular weight excluding hydrogens is 431 g/mol. The van der Waals surface area contributed by atoms with Gasteiger partial charge in [-0.3, -0.25) is 14.4 Å². The van der Waals surface area contributed by atoms with E-state index in [1.165, 1.54) is 9.47 Å². The summed E-state index contributed by atoms with van der Waals surface area (Å²) in [6.45, 7) is -0.115. The number of aromatic nitrogens is 1. The van der Waals surface area contributed by atoms with Gasteiger partial charge in [0.05, 0.1) is 12.1 Å². The summed E-state index contributed by atoms with van der Waals surface area (Å²) < 4.78 is 42.0. The van der Waals surface area contributed by atoms with Crippen molar-refractivity contribution < 1.29 is 33.0 Å². The van der Waals surface area contributed by atoms with Crippen molar-refractivity contribution in [1.82, 2.24) is 14.8 Å². The van der Waals surface area contributed by atoms with E-state index >= 15 is 0 Å². The molecule has 2 aliphatic heterocycles. The molecule has 0 saturated carbocycles. The average molecular weight is 451 g/mol. The first-order chi connectivity index (χ1) is 15.2. The van der Waals surface area contributed by atoms with E-state index in [0.717, 1.165) is 6.20 Å². The van der Waals surface area contributed by atoms with Gasteiger partial charge < -0.3 is 25.0 Å². The lowest BCUT2D eigenvalue weighted by Crippen LogP contribution is -2.47. The first-order valence-electron chi connectivity index (χ1n) is 10.0. The molecule has 32 heavy (non-hydrogen) atoms. The van der Waals surface area contributed by atoms with Gasteiger partial charge in [-0.1, -0.05) is 0 Å². The van der Waals surface area contributed by atoms with E-state index in [4.69, 9.17) is 0 Å². The normalized spacial score (nSPS) is 20.4. The fraction of sp³-hybridized carbons (Fsp3) is 0.381. The van der Waals surface area contributed by atoms with E-state index in [0.29, 0.717) is 31.4 Å². The number of carbonyl (C=O) groups excluding carboxylic acids is 2. The second kappa shape index (κ2) is 8.30. The van der Waals surface area contributed by atoms with Crippen molar-refractivity contribution in [3.63, 3.8) is 0 Å². The number of aromatic hydroxyl groups is 1. The minimum Gasteiger partial charge on any atom is -0.503 e. The molecule has 1 fully saturated rings. The molecule has 1 aromatic heterocycles. The minimum atomic E-state index is -1.20. The van der Waals surface area contributed by atoms with Gasteiger partial charge in [0.2, 0.25) is 5.43 Å². The van der Waals surface area contributed by atoms with Gasteiger partial charge in [0.15, 0.2) is 11.4 Å². The number of carbonyl (C=O) groups is 2. The number of aliphatic hydroxyl groups is 1. The maximum Gasteiger partial charge on any atom is 0.274 e. The molecule has 0 unspecified atom stereocenters. The fourth-order valence-corrected chi connectivity index (χ4v) is 4.12. The second-order valence-corrected chi connectivity index (χ2v) is 7.93. The highest BCUT2D eigenvalue weighted by atomic mass is 19.1. The Morgan fingerprint density at radius 3 is 2.50 bits per heavy atom. The Hall–Kier alpha value is -3.34. The molecule has 0 radical (unpaired) electrons. The first-order valence-corrected chi connectivity index (χ1v) is 10.0. The number of pyridine rings is 1. The summed E-state index contributed by atoms with van der Waals surface area (Å²) in [5.41, 5.74) is -2.45. The van der Waals surface area contributed by atoms with Crippen molar-refractivity contribution in [3.05, 3.63) is 62.8 Å². The molecule has 3 heterocycles. The van der Waals surface area contributed by atoms with Crippen LogP contribution in [0.2, 0.25) is 0 Å². The Morgan fingerprint density at radius 2 is 1.81 bits per heavy atom. The molecule has 2 bridgehead atoms. The zero-order chi connectivity index (χ0) is 23.2. The Morgan fingerprint density at radius 1 is 1.12 bits per heavy atom. The molecule has 1 saturated heterocycles. The van der Waals surface area contributed by atoms with E-state index in [1.807, 2.05) is 0 Å². The number of aliphatic hydroxyl groups excluding tert-OH is 1. The first kappa shape index (κ1) is 21.9. The minimum absolute atomic E-state index is 0.241. The lowest BCUT2D eigenvalue weighted by Gasteiger charge is -2.39. The van der Waals surface area contributed by atoms with Gasteiger partial charge in [-0.25, -0.2) is 13.2 Å². The van der Waals surface area contributed by atoms with Crippen molar-refractivity contribution >= 4 is 11.8 Å². The van der Waals surface area contributed by atoms with Crippen molar-refractivity contribution in [2.75, 3.05) is 13.1 Å². The number of rotatable bonds is 3. The highest BCUT2D eigenvalue weighted by molar-refractivity contribution is 5.99. The van der Waals surface area contributed by atoms with Gasteiger partial charge in [-0.15, -0.1) is 0 Å². The van der Waals surface area contributed by atoms with E-state index in [-0.39, 0.29) is 24.8 Å². The van der Waals surface area contributed by atoms with Gasteiger partial charge in [-0.05, 0) is 19.3 Å². The molecule has 2 aromatic rings. The summed E-state index contributed by atoms with van der Waals surface area (Å²) in [7, 11) is 0. The summed E-state index contributed by atoms with van der Waals surface area (Å²) in [6.07, 6.45) is 1.78. The summed E-state index contributed by atoms with van der Waals surface area (Å²) in [4.78, 5) is 39.4. The number of benzene rings is 1. The number of nitrogens with zero attached hydrogens (tertiary/aromatic N) is 2. The molecule has 170 valence electrons. The van der Waals surface area contributed by atoms with Crippen LogP contribution >= 0.6 is 0 Å². The second-order valence-electron chi connectivity index (χ2n) is 7.93. The van der Waals surface area contributed by atoms with Crippen LogP contribution in [0.25, 0.3) is 0 Å². The molecule has 11 heteroatoms. The maximum absolute atomic E-state index is 13.8. The molecule has 2 atom stereocenters. The third-order valence-corrected chi connectivity index (χ3v) is 5.87. The van der Waals surface area contributed by atoms with E-state index in [1.54, 1.807) is 0 Å². The van der Waals surface area contributed by atoms with Crippen LogP contribution in [0.5, 0.6) is 5.75 Å². The molecule has 1 aromatic carbocycles. The molecule has 8 nitrogen and oxygen atoms in total.